The molecule has 18 heavy (non-hydrogen) atoms. The normalized spacial score (nSPS) is 10.7. The minimum absolute atomic E-state index is 0.838. The molecule has 0 saturated carbocycles. The molecule has 1 aromatic heterocycles. The van der Waals surface area contributed by atoms with Crippen molar-refractivity contribution < 1.29 is 0 Å². The van der Waals surface area contributed by atoms with Gasteiger partial charge in [-0.3, -0.25) is 5.10 Å². The van der Waals surface area contributed by atoms with Crippen molar-refractivity contribution in [2.24, 2.45) is 0 Å². The van der Waals surface area contributed by atoms with E-state index in [4.69, 9.17) is 0 Å². The van der Waals surface area contributed by atoms with Crippen LogP contribution in [-0.4, -0.2) is 10.2 Å². The lowest BCUT2D eigenvalue weighted by Gasteiger charge is -2.07. The van der Waals surface area contributed by atoms with Crippen LogP contribution in [0.5, 0.6) is 0 Å². The van der Waals surface area contributed by atoms with Crippen molar-refractivity contribution in [2.75, 3.05) is 5.32 Å². The number of hydrogen-bond donors (Lipinski definition) is 2. The fraction of sp³-hybridized carbons (Fsp3) is 0.133. The molecule has 0 aliphatic carbocycles. The minimum atomic E-state index is 0.838. The first-order chi connectivity index (χ1) is 8.81. The van der Waals surface area contributed by atoms with Gasteiger partial charge in [-0.25, -0.2) is 0 Å². The van der Waals surface area contributed by atoms with Gasteiger partial charge < -0.3 is 5.32 Å². The average Bonchev–Trinajstić information content (AvgIpc) is 2.84. The van der Waals surface area contributed by atoms with Crippen LogP contribution in [0.25, 0.3) is 10.9 Å². The quantitative estimate of drug-likeness (QED) is 0.732. The van der Waals surface area contributed by atoms with E-state index in [1.165, 1.54) is 11.1 Å². The van der Waals surface area contributed by atoms with E-state index >= 15 is 0 Å². The molecule has 0 unspecified atom stereocenters. The number of nitrogens with zero attached hydrogens (tertiary/aromatic N) is 1. The molecule has 1 heterocycles. The van der Waals surface area contributed by atoms with E-state index in [9.17, 15) is 0 Å². The van der Waals surface area contributed by atoms with E-state index in [-0.39, 0.29) is 0 Å². The Morgan fingerprint density at radius 2 is 2.11 bits per heavy atom. The van der Waals surface area contributed by atoms with E-state index in [0.29, 0.717) is 0 Å². The monoisotopic (exact) mass is 237 g/mol. The molecule has 0 bridgehead atoms. The number of nitrogens with one attached hydrogen (secondary N) is 2. The van der Waals surface area contributed by atoms with Gasteiger partial charge in [-0.2, -0.15) is 5.10 Å². The maximum atomic E-state index is 4.02. The van der Waals surface area contributed by atoms with Crippen molar-refractivity contribution in [1.82, 2.24) is 10.2 Å². The third-order valence-corrected chi connectivity index (χ3v) is 3.02. The zero-order valence-corrected chi connectivity index (χ0v) is 10.3. The molecule has 90 valence electrons. The summed E-state index contributed by atoms with van der Waals surface area (Å²) in [6.45, 7) is 2.95. The second-order valence-electron chi connectivity index (χ2n) is 4.51. The largest absolute Gasteiger partial charge is 0.381 e. The van der Waals surface area contributed by atoms with Crippen molar-refractivity contribution in [1.29, 1.82) is 0 Å². The van der Waals surface area contributed by atoms with Gasteiger partial charge in [-0.1, -0.05) is 29.8 Å². The number of benzene rings is 2. The zero-order chi connectivity index (χ0) is 12.4. The predicted molar refractivity (Wildman–Crippen MR) is 74.6 cm³/mol. The maximum absolute atomic E-state index is 4.02. The van der Waals surface area contributed by atoms with Gasteiger partial charge in [0.05, 0.1) is 11.7 Å². The van der Waals surface area contributed by atoms with E-state index < -0.39 is 0 Å². The number of aromatic nitrogens is 2. The molecule has 3 heteroatoms. The summed E-state index contributed by atoms with van der Waals surface area (Å²) >= 11 is 0. The fourth-order valence-corrected chi connectivity index (χ4v) is 2.08. The first-order valence-electron chi connectivity index (χ1n) is 6.04. The second-order valence-corrected chi connectivity index (χ2v) is 4.51. The molecule has 0 fully saturated rings. The van der Waals surface area contributed by atoms with Crippen LogP contribution in [-0.2, 0) is 6.54 Å². The Labute approximate surface area is 106 Å². The van der Waals surface area contributed by atoms with Crippen LogP contribution < -0.4 is 5.32 Å². The van der Waals surface area contributed by atoms with Crippen molar-refractivity contribution in [3.63, 3.8) is 0 Å². The molecule has 3 nitrogen and oxygen atoms in total. The lowest BCUT2D eigenvalue weighted by Crippen LogP contribution is -1.99. The third-order valence-electron chi connectivity index (χ3n) is 3.02. The van der Waals surface area contributed by atoms with Gasteiger partial charge in [-0.05, 0) is 30.7 Å². The molecular weight excluding hydrogens is 222 g/mol. The van der Waals surface area contributed by atoms with E-state index in [2.05, 4.69) is 58.8 Å². The number of rotatable bonds is 3. The van der Waals surface area contributed by atoms with Gasteiger partial charge in [0.25, 0.3) is 0 Å². The lowest BCUT2D eigenvalue weighted by atomic mass is 10.1. The fourth-order valence-electron chi connectivity index (χ4n) is 2.08. The Morgan fingerprint density at radius 3 is 3.00 bits per heavy atom. The van der Waals surface area contributed by atoms with Crippen LogP contribution >= 0.6 is 0 Å². The summed E-state index contributed by atoms with van der Waals surface area (Å²) in [5.74, 6) is 0. The maximum Gasteiger partial charge on any atom is 0.0651 e. The van der Waals surface area contributed by atoms with Gasteiger partial charge >= 0.3 is 0 Å². The summed E-state index contributed by atoms with van der Waals surface area (Å²) in [7, 11) is 0. The Hall–Kier alpha value is -2.29. The minimum Gasteiger partial charge on any atom is -0.381 e. The first kappa shape index (κ1) is 10.8. The number of anilines is 1. The molecule has 2 aromatic carbocycles. The van der Waals surface area contributed by atoms with Crippen molar-refractivity contribution in [3.8, 4) is 0 Å². The molecule has 0 aliphatic heterocycles. The van der Waals surface area contributed by atoms with Crippen LogP contribution in [0.4, 0.5) is 5.69 Å². The highest BCUT2D eigenvalue weighted by Crippen LogP contribution is 2.17. The van der Waals surface area contributed by atoms with Gasteiger partial charge in [0.15, 0.2) is 0 Å². The number of H-pyrrole nitrogens is 1. The molecule has 2 N–H and O–H groups in total. The predicted octanol–water partition coefficient (Wildman–Crippen LogP) is 3.48. The molecule has 3 rings (SSSR count). The smallest absolute Gasteiger partial charge is 0.0651 e. The number of aromatic amines is 1. The molecule has 0 saturated heterocycles. The summed E-state index contributed by atoms with van der Waals surface area (Å²) in [5, 5.41) is 11.5. The number of aryl methyl sites for hydroxylation is 1. The van der Waals surface area contributed by atoms with E-state index in [1.54, 1.807) is 0 Å². The SMILES string of the molecule is Cc1cccc(CNc2ccc3[nH]ncc3c2)c1. The van der Waals surface area contributed by atoms with Gasteiger partial charge in [0.1, 0.15) is 0 Å². The Morgan fingerprint density at radius 1 is 1.17 bits per heavy atom. The molecule has 0 radical (unpaired) electrons. The first-order valence-corrected chi connectivity index (χ1v) is 6.04. The van der Waals surface area contributed by atoms with Crippen LogP contribution in [0.1, 0.15) is 11.1 Å². The molecular formula is C15H15N3. The summed E-state index contributed by atoms with van der Waals surface area (Å²) in [6.07, 6.45) is 1.84. The second kappa shape index (κ2) is 4.53. The Bertz CT molecular complexity index is 670. The molecule has 3 aromatic rings. The van der Waals surface area contributed by atoms with Gasteiger partial charge in [0, 0.05) is 17.6 Å². The highest BCUT2D eigenvalue weighted by Gasteiger charge is 1.98. The van der Waals surface area contributed by atoms with Crippen molar-refractivity contribution in [2.45, 2.75) is 13.5 Å². The highest BCUT2D eigenvalue weighted by atomic mass is 15.1. The molecule has 0 aliphatic rings. The summed E-state index contributed by atoms with van der Waals surface area (Å²) in [5.41, 5.74) is 4.77. The molecule has 0 atom stereocenters. The van der Waals surface area contributed by atoms with E-state index in [1.807, 2.05) is 12.3 Å². The van der Waals surface area contributed by atoms with Gasteiger partial charge in [0.2, 0.25) is 0 Å². The van der Waals surface area contributed by atoms with Crippen LogP contribution in [0.2, 0.25) is 0 Å². The topological polar surface area (TPSA) is 40.7 Å². The number of hydrogen-bond acceptors (Lipinski definition) is 2. The zero-order valence-electron chi connectivity index (χ0n) is 10.3. The third kappa shape index (κ3) is 2.20. The summed E-state index contributed by atoms with van der Waals surface area (Å²) in [6, 6.07) is 14.7. The van der Waals surface area contributed by atoms with Crippen LogP contribution in [0.15, 0.2) is 48.7 Å². The molecule has 0 spiro atoms. The van der Waals surface area contributed by atoms with Crippen LogP contribution in [0.3, 0.4) is 0 Å². The Balaban J connectivity index is 1.76. The summed E-state index contributed by atoms with van der Waals surface area (Å²) < 4.78 is 0. The molecule has 0 amide bonds. The van der Waals surface area contributed by atoms with Crippen molar-refractivity contribution >= 4 is 16.6 Å². The highest BCUT2D eigenvalue weighted by molar-refractivity contribution is 5.81. The summed E-state index contributed by atoms with van der Waals surface area (Å²) in [4.78, 5) is 0. The van der Waals surface area contributed by atoms with E-state index in [0.717, 1.165) is 23.1 Å². The number of fused-ring (bicyclic) bond motifs is 1. The average molecular weight is 237 g/mol. The standard InChI is InChI=1S/C15H15N3/c1-11-3-2-4-12(7-11)9-16-14-5-6-15-13(8-14)10-17-18-15/h2-8,10,16H,9H2,1H3,(H,17,18). The Kier molecular flexibility index (Phi) is 2.73. The van der Waals surface area contributed by atoms with Crippen molar-refractivity contribution in [3.05, 3.63) is 59.8 Å². The van der Waals surface area contributed by atoms with Crippen LogP contribution in [0, 0.1) is 6.92 Å². The lowest BCUT2D eigenvalue weighted by molar-refractivity contribution is 1.12. The van der Waals surface area contributed by atoms with Gasteiger partial charge in [-0.15, -0.1) is 0 Å².